The van der Waals surface area contributed by atoms with Crippen molar-refractivity contribution in [3.63, 3.8) is 0 Å². The van der Waals surface area contributed by atoms with Crippen LogP contribution in [0.1, 0.15) is 47.5 Å². The predicted octanol–water partition coefficient (Wildman–Crippen LogP) is 4.22. The molecule has 0 radical (unpaired) electrons. The van der Waals surface area contributed by atoms with Crippen LogP contribution in [-0.2, 0) is 22.5 Å². The van der Waals surface area contributed by atoms with Gasteiger partial charge in [-0.25, -0.2) is 0 Å². The average Bonchev–Trinajstić information content (AvgIpc) is 2.57. The molecule has 23 heavy (non-hydrogen) atoms. The molecule has 7 heteroatoms. The molecule has 0 N–H and O–H groups in total. The van der Waals surface area contributed by atoms with Crippen molar-refractivity contribution in [2.75, 3.05) is 21.3 Å². The lowest BCUT2D eigenvalue weighted by Crippen LogP contribution is -2.48. The zero-order valence-corrected chi connectivity index (χ0v) is 18.4. The van der Waals surface area contributed by atoms with Crippen molar-refractivity contribution in [1.29, 1.82) is 0 Å². The van der Waals surface area contributed by atoms with Crippen LogP contribution in [-0.4, -0.2) is 44.4 Å². The molecular weight excluding hydrogens is 328 g/mol. The highest BCUT2D eigenvalue weighted by Crippen LogP contribution is 2.38. The van der Waals surface area contributed by atoms with Gasteiger partial charge in [-0.2, -0.15) is 0 Å². The SMILES string of the molecule is CCC(C)[Si](C)(OC(=O)C(C)C[Si](OC)(OC)OC)C(C)CC. The minimum atomic E-state index is -2.78. The molecule has 5 nitrogen and oxygen atoms in total. The Kier molecular flexibility index (Phi) is 9.84. The first kappa shape index (κ1) is 22.8. The van der Waals surface area contributed by atoms with Gasteiger partial charge in [-0.15, -0.1) is 0 Å². The van der Waals surface area contributed by atoms with E-state index >= 15 is 0 Å². The van der Waals surface area contributed by atoms with Crippen molar-refractivity contribution in [3.8, 4) is 0 Å². The maximum absolute atomic E-state index is 12.7. The summed E-state index contributed by atoms with van der Waals surface area (Å²) in [4.78, 5) is 12.7. The van der Waals surface area contributed by atoms with Crippen LogP contribution in [0.25, 0.3) is 0 Å². The molecule has 0 aliphatic carbocycles. The second-order valence-corrected chi connectivity index (χ2v) is 14.2. The van der Waals surface area contributed by atoms with Crippen LogP contribution in [0.2, 0.25) is 23.7 Å². The van der Waals surface area contributed by atoms with Gasteiger partial charge in [0.2, 0.25) is 0 Å². The van der Waals surface area contributed by atoms with Crippen molar-refractivity contribution in [3.05, 3.63) is 0 Å². The van der Waals surface area contributed by atoms with E-state index in [9.17, 15) is 4.79 Å². The summed E-state index contributed by atoms with van der Waals surface area (Å²) in [5.41, 5.74) is 0.866. The first-order valence-electron chi connectivity index (χ1n) is 8.54. The minimum absolute atomic E-state index is 0.150. The van der Waals surface area contributed by atoms with Gasteiger partial charge < -0.3 is 17.7 Å². The Balaban J connectivity index is 5.13. The number of hydrogen-bond donors (Lipinski definition) is 0. The molecule has 0 aromatic carbocycles. The molecule has 138 valence electrons. The molecule has 3 atom stereocenters. The highest BCUT2D eigenvalue weighted by atomic mass is 28.4. The van der Waals surface area contributed by atoms with E-state index in [-0.39, 0.29) is 11.9 Å². The van der Waals surface area contributed by atoms with Crippen LogP contribution in [0.3, 0.4) is 0 Å². The smallest absolute Gasteiger partial charge is 0.501 e. The van der Waals surface area contributed by atoms with Gasteiger partial charge in [-0.05, 0) is 17.6 Å². The molecule has 0 spiro atoms. The van der Waals surface area contributed by atoms with Gasteiger partial charge in [-0.3, -0.25) is 4.79 Å². The first-order valence-corrected chi connectivity index (χ1v) is 13.0. The molecule has 0 amide bonds. The third kappa shape index (κ3) is 5.67. The molecule has 0 saturated heterocycles. The summed E-state index contributed by atoms with van der Waals surface area (Å²) in [7, 11) is -0.228. The van der Waals surface area contributed by atoms with E-state index < -0.39 is 17.1 Å². The van der Waals surface area contributed by atoms with Gasteiger partial charge >= 0.3 is 8.80 Å². The lowest BCUT2D eigenvalue weighted by Gasteiger charge is -2.38. The molecule has 0 aromatic heterocycles. The quantitative estimate of drug-likeness (QED) is 0.514. The van der Waals surface area contributed by atoms with Crippen molar-refractivity contribution < 1.29 is 22.5 Å². The lowest BCUT2D eigenvalue weighted by atomic mass is 10.2. The molecule has 0 aliphatic rings. The molecule has 0 rings (SSSR count). The van der Waals surface area contributed by atoms with E-state index in [1.165, 1.54) is 0 Å². The van der Waals surface area contributed by atoms with Gasteiger partial charge in [0.05, 0.1) is 5.92 Å². The Morgan fingerprint density at radius 3 is 1.61 bits per heavy atom. The lowest BCUT2D eigenvalue weighted by molar-refractivity contribution is -0.139. The van der Waals surface area contributed by atoms with E-state index in [4.69, 9.17) is 17.7 Å². The first-order chi connectivity index (χ1) is 10.7. The van der Waals surface area contributed by atoms with Crippen molar-refractivity contribution >= 4 is 23.1 Å². The molecular formula is C16H36O5Si2. The molecule has 0 fully saturated rings. The molecule has 3 unspecified atom stereocenters. The largest absolute Gasteiger partial charge is 0.519 e. The van der Waals surface area contributed by atoms with Gasteiger partial charge in [-0.1, -0.05) is 47.5 Å². The zero-order chi connectivity index (χ0) is 18.3. The molecule has 0 aliphatic heterocycles. The third-order valence-corrected chi connectivity index (χ3v) is 13.7. The Bertz CT molecular complexity index is 342. The van der Waals surface area contributed by atoms with Crippen LogP contribution < -0.4 is 0 Å². The standard InChI is InChI=1S/C16H36O5Si2/c1-10-14(4)22(9,15(5)11-2)21-16(17)13(3)12-23(18-6,19-7)20-8/h13-15H,10-12H2,1-9H3. The highest BCUT2D eigenvalue weighted by molar-refractivity contribution is 6.76. The van der Waals surface area contributed by atoms with Gasteiger partial charge in [0.15, 0.2) is 0 Å². The summed E-state index contributed by atoms with van der Waals surface area (Å²) >= 11 is 0. The van der Waals surface area contributed by atoms with Crippen LogP contribution in [0.4, 0.5) is 0 Å². The Hall–Kier alpha value is -0.216. The monoisotopic (exact) mass is 364 g/mol. The summed E-state index contributed by atoms with van der Waals surface area (Å²) in [5.74, 6) is -0.454. The summed E-state index contributed by atoms with van der Waals surface area (Å²) in [6.45, 7) is 12.8. The highest BCUT2D eigenvalue weighted by Gasteiger charge is 2.46. The van der Waals surface area contributed by atoms with E-state index in [0.717, 1.165) is 12.8 Å². The fourth-order valence-electron chi connectivity index (χ4n) is 2.77. The number of carbonyl (C=O) groups excluding carboxylic acids is 1. The third-order valence-electron chi connectivity index (χ3n) is 5.39. The maximum atomic E-state index is 12.7. The minimum Gasteiger partial charge on any atom is -0.519 e. The molecule has 0 bridgehead atoms. The second kappa shape index (κ2) is 9.93. The summed E-state index contributed by atoms with van der Waals surface area (Å²) in [5, 5.41) is 0. The maximum Gasteiger partial charge on any atom is 0.501 e. The van der Waals surface area contributed by atoms with Crippen LogP contribution in [0.5, 0.6) is 0 Å². The molecule has 0 saturated carbocycles. The summed E-state index contributed by atoms with van der Waals surface area (Å²) < 4.78 is 22.4. The number of carbonyl (C=O) groups is 1. The van der Waals surface area contributed by atoms with Gasteiger partial charge in [0, 0.05) is 27.4 Å². The van der Waals surface area contributed by atoms with Crippen molar-refractivity contribution in [2.24, 2.45) is 5.92 Å². The van der Waals surface area contributed by atoms with Crippen LogP contribution in [0.15, 0.2) is 0 Å². The van der Waals surface area contributed by atoms with Crippen molar-refractivity contribution in [1.82, 2.24) is 0 Å². The van der Waals surface area contributed by atoms with Crippen LogP contribution in [0, 0.1) is 5.92 Å². The Morgan fingerprint density at radius 2 is 1.30 bits per heavy atom. The van der Waals surface area contributed by atoms with E-state index in [2.05, 4.69) is 34.2 Å². The molecule has 0 heterocycles. The van der Waals surface area contributed by atoms with E-state index in [0.29, 0.717) is 17.1 Å². The van der Waals surface area contributed by atoms with Gasteiger partial charge in [0.25, 0.3) is 14.3 Å². The van der Waals surface area contributed by atoms with Gasteiger partial charge in [0.1, 0.15) is 0 Å². The topological polar surface area (TPSA) is 54.0 Å². The fourth-order valence-corrected chi connectivity index (χ4v) is 8.32. The number of hydrogen-bond acceptors (Lipinski definition) is 5. The second-order valence-electron chi connectivity index (χ2n) is 6.62. The van der Waals surface area contributed by atoms with Crippen LogP contribution >= 0.6 is 0 Å². The molecule has 0 aromatic rings. The van der Waals surface area contributed by atoms with Crippen molar-refractivity contribution in [2.45, 2.75) is 71.1 Å². The Morgan fingerprint density at radius 1 is 0.913 bits per heavy atom. The summed E-state index contributed by atoms with van der Waals surface area (Å²) in [6, 6.07) is 0.431. The normalized spacial score (nSPS) is 18.8. The van der Waals surface area contributed by atoms with E-state index in [1.54, 1.807) is 21.3 Å². The fraction of sp³-hybridized carbons (Fsp3) is 0.938. The average molecular weight is 365 g/mol. The van der Waals surface area contributed by atoms with E-state index in [1.807, 2.05) is 6.92 Å². The zero-order valence-electron chi connectivity index (χ0n) is 16.4. The summed E-state index contributed by atoms with van der Waals surface area (Å²) in [6.07, 6.45) is 2.06. The Labute approximate surface area is 144 Å². The predicted molar refractivity (Wildman–Crippen MR) is 97.9 cm³/mol. The number of rotatable bonds is 11.